The normalized spacial score (nSPS) is 14.9. The van der Waals surface area contributed by atoms with Crippen LogP contribution >= 0.6 is 0 Å². The summed E-state index contributed by atoms with van der Waals surface area (Å²) in [5.41, 5.74) is 0.760. The van der Waals surface area contributed by atoms with Gasteiger partial charge in [0.2, 0.25) is 5.91 Å². The molecule has 1 saturated heterocycles. The van der Waals surface area contributed by atoms with Gasteiger partial charge < -0.3 is 24.8 Å². The first-order valence-corrected chi connectivity index (χ1v) is 7.13. The summed E-state index contributed by atoms with van der Waals surface area (Å²) in [6, 6.07) is 5.25. The molecule has 1 aliphatic heterocycles. The minimum atomic E-state index is -0.0435. The van der Waals surface area contributed by atoms with Crippen molar-refractivity contribution in [2.75, 3.05) is 39.9 Å². The number of aliphatic hydroxyl groups excluding tert-OH is 1. The summed E-state index contributed by atoms with van der Waals surface area (Å²) in [5.74, 6) is 1.27. The molecule has 21 heavy (non-hydrogen) atoms. The van der Waals surface area contributed by atoms with Crippen LogP contribution in [-0.2, 0) is 11.4 Å². The van der Waals surface area contributed by atoms with E-state index in [2.05, 4.69) is 5.32 Å². The van der Waals surface area contributed by atoms with Crippen molar-refractivity contribution in [1.82, 2.24) is 10.2 Å². The van der Waals surface area contributed by atoms with Crippen molar-refractivity contribution in [2.24, 2.45) is 0 Å². The van der Waals surface area contributed by atoms with Gasteiger partial charge in [-0.3, -0.25) is 4.79 Å². The van der Waals surface area contributed by atoms with E-state index in [1.807, 2.05) is 4.90 Å². The van der Waals surface area contributed by atoms with Crippen LogP contribution in [0.5, 0.6) is 11.5 Å². The van der Waals surface area contributed by atoms with Crippen LogP contribution in [0.25, 0.3) is 0 Å². The van der Waals surface area contributed by atoms with Crippen LogP contribution in [0.15, 0.2) is 18.2 Å². The number of nitrogens with zero attached hydrogens (tertiary/aromatic N) is 1. The Morgan fingerprint density at radius 1 is 1.33 bits per heavy atom. The van der Waals surface area contributed by atoms with Gasteiger partial charge in [0.1, 0.15) is 0 Å². The molecule has 1 amide bonds. The van der Waals surface area contributed by atoms with Crippen LogP contribution in [0.3, 0.4) is 0 Å². The van der Waals surface area contributed by atoms with Gasteiger partial charge in [0.05, 0.1) is 26.7 Å². The fourth-order valence-corrected chi connectivity index (χ4v) is 2.25. The Labute approximate surface area is 124 Å². The van der Waals surface area contributed by atoms with Gasteiger partial charge in [0.15, 0.2) is 11.5 Å². The van der Waals surface area contributed by atoms with E-state index >= 15 is 0 Å². The first-order valence-electron chi connectivity index (χ1n) is 7.13. The molecule has 0 aromatic heterocycles. The molecule has 0 saturated carbocycles. The van der Waals surface area contributed by atoms with Gasteiger partial charge in [0.25, 0.3) is 0 Å². The smallest absolute Gasteiger partial charge is 0.226 e. The lowest BCUT2D eigenvalue weighted by Gasteiger charge is -2.27. The van der Waals surface area contributed by atoms with E-state index in [0.717, 1.165) is 31.7 Å². The second kappa shape index (κ2) is 7.85. The molecule has 0 unspecified atom stereocenters. The highest BCUT2D eigenvalue weighted by atomic mass is 16.5. The summed E-state index contributed by atoms with van der Waals surface area (Å²) in [5, 5.41) is 12.3. The molecule has 2 rings (SSSR count). The van der Waals surface area contributed by atoms with Gasteiger partial charge >= 0.3 is 0 Å². The van der Waals surface area contributed by atoms with E-state index in [1.165, 1.54) is 0 Å². The number of nitrogens with one attached hydrogen (secondary N) is 1. The predicted octanol–water partition coefficient (Wildman–Crippen LogP) is 0.388. The number of hydrogen-bond donors (Lipinski definition) is 2. The SMILES string of the molecule is COc1cc(CO)ccc1OCCC(=O)N1CCNCC1. The Kier molecular flexibility index (Phi) is 5.83. The standard InChI is InChI=1S/C15H22N2O4/c1-20-14-10-12(11-18)2-3-13(14)21-9-4-15(19)17-7-5-16-6-8-17/h2-3,10,16,18H,4-9,11H2,1H3. The second-order valence-corrected chi connectivity index (χ2v) is 4.87. The average Bonchev–Trinajstić information content (AvgIpc) is 2.55. The molecule has 116 valence electrons. The number of piperazine rings is 1. The van der Waals surface area contributed by atoms with E-state index in [1.54, 1.807) is 25.3 Å². The number of methoxy groups -OCH3 is 1. The van der Waals surface area contributed by atoms with Gasteiger partial charge in [-0.1, -0.05) is 6.07 Å². The molecule has 0 atom stereocenters. The van der Waals surface area contributed by atoms with E-state index in [4.69, 9.17) is 14.6 Å². The number of benzene rings is 1. The van der Waals surface area contributed by atoms with Crippen molar-refractivity contribution in [3.8, 4) is 11.5 Å². The summed E-state index contributed by atoms with van der Waals surface area (Å²) in [7, 11) is 1.55. The highest BCUT2D eigenvalue weighted by molar-refractivity contribution is 5.76. The average molecular weight is 294 g/mol. The lowest BCUT2D eigenvalue weighted by molar-refractivity contribution is -0.132. The van der Waals surface area contributed by atoms with Crippen LogP contribution in [0.4, 0.5) is 0 Å². The Balaban J connectivity index is 1.83. The number of carbonyl (C=O) groups excluding carboxylic acids is 1. The van der Waals surface area contributed by atoms with Gasteiger partial charge in [0, 0.05) is 26.2 Å². The summed E-state index contributed by atoms with van der Waals surface area (Å²) in [6.45, 7) is 3.49. The van der Waals surface area contributed by atoms with Crippen molar-refractivity contribution in [2.45, 2.75) is 13.0 Å². The Morgan fingerprint density at radius 3 is 2.76 bits per heavy atom. The largest absolute Gasteiger partial charge is 0.493 e. The molecule has 2 N–H and O–H groups in total. The third kappa shape index (κ3) is 4.34. The molecule has 6 nitrogen and oxygen atoms in total. The highest BCUT2D eigenvalue weighted by Gasteiger charge is 2.16. The summed E-state index contributed by atoms with van der Waals surface area (Å²) < 4.78 is 10.8. The first kappa shape index (κ1) is 15.6. The molecule has 0 bridgehead atoms. The van der Waals surface area contributed by atoms with Crippen molar-refractivity contribution in [3.63, 3.8) is 0 Å². The predicted molar refractivity (Wildman–Crippen MR) is 78.5 cm³/mol. The molecule has 0 aliphatic carbocycles. The third-order valence-electron chi connectivity index (χ3n) is 3.45. The molecule has 1 heterocycles. The van der Waals surface area contributed by atoms with E-state index in [0.29, 0.717) is 24.5 Å². The minimum absolute atomic E-state index is 0.0435. The number of amides is 1. The lowest BCUT2D eigenvalue weighted by atomic mass is 10.2. The molecule has 1 aliphatic rings. The molecule has 1 aromatic rings. The van der Waals surface area contributed by atoms with E-state index < -0.39 is 0 Å². The Morgan fingerprint density at radius 2 is 2.10 bits per heavy atom. The number of ether oxygens (including phenoxy) is 2. The molecule has 1 fully saturated rings. The first-order chi connectivity index (χ1) is 10.2. The second-order valence-electron chi connectivity index (χ2n) is 4.87. The maximum absolute atomic E-state index is 12.0. The third-order valence-corrected chi connectivity index (χ3v) is 3.45. The summed E-state index contributed by atoms with van der Waals surface area (Å²) in [6.07, 6.45) is 0.352. The molecule has 6 heteroatoms. The number of rotatable bonds is 6. The fourth-order valence-electron chi connectivity index (χ4n) is 2.25. The van der Waals surface area contributed by atoms with E-state index in [9.17, 15) is 4.79 Å². The molecular weight excluding hydrogens is 272 g/mol. The molecule has 0 radical (unpaired) electrons. The number of hydrogen-bond acceptors (Lipinski definition) is 5. The van der Waals surface area contributed by atoms with Crippen molar-refractivity contribution in [3.05, 3.63) is 23.8 Å². The maximum Gasteiger partial charge on any atom is 0.226 e. The van der Waals surface area contributed by atoms with Crippen LogP contribution in [0.2, 0.25) is 0 Å². The van der Waals surface area contributed by atoms with Crippen LogP contribution < -0.4 is 14.8 Å². The van der Waals surface area contributed by atoms with Gasteiger partial charge in [-0.05, 0) is 17.7 Å². The molecule has 0 spiro atoms. The zero-order valence-electron chi connectivity index (χ0n) is 12.3. The summed E-state index contributed by atoms with van der Waals surface area (Å²) >= 11 is 0. The Hall–Kier alpha value is -1.79. The number of carbonyl (C=O) groups is 1. The zero-order valence-corrected chi connectivity index (χ0v) is 12.3. The van der Waals surface area contributed by atoms with Crippen LogP contribution in [0.1, 0.15) is 12.0 Å². The lowest BCUT2D eigenvalue weighted by Crippen LogP contribution is -2.46. The Bertz CT molecular complexity index is 473. The minimum Gasteiger partial charge on any atom is -0.493 e. The van der Waals surface area contributed by atoms with Gasteiger partial charge in [-0.15, -0.1) is 0 Å². The van der Waals surface area contributed by atoms with Crippen molar-refractivity contribution in [1.29, 1.82) is 0 Å². The van der Waals surface area contributed by atoms with Crippen molar-refractivity contribution < 1.29 is 19.4 Å². The van der Waals surface area contributed by atoms with Crippen LogP contribution in [0, 0.1) is 0 Å². The van der Waals surface area contributed by atoms with Gasteiger partial charge in [-0.2, -0.15) is 0 Å². The highest BCUT2D eigenvalue weighted by Crippen LogP contribution is 2.28. The quantitative estimate of drug-likeness (QED) is 0.794. The van der Waals surface area contributed by atoms with Gasteiger partial charge in [-0.25, -0.2) is 0 Å². The zero-order chi connectivity index (χ0) is 15.1. The van der Waals surface area contributed by atoms with Crippen molar-refractivity contribution >= 4 is 5.91 Å². The maximum atomic E-state index is 12.0. The van der Waals surface area contributed by atoms with E-state index in [-0.39, 0.29) is 12.5 Å². The molecular formula is C15H22N2O4. The number of aliphatic hydroxyl groups is 1. The topological polar surface area (TPSA) is 71.0 Å². The molecule has 1 aromatic carbocycles. The summed E-state index contributed by atoms with van der Waals surface area (Å²) in [4.78, 5) is 13.9. The monoisotopic (exact) mass is 294 g/mol. The van der Waals surface area contributed by atoms with Crippen LogP contribution in [-0.4, -0.2) is 55.8 Å². The fraction of sp³-hybridized carbons (Fsp3) is 0.533.